The van der Waals surface area contributed by atoms with Crippen molar-refractivity contribution in [2.24, 2.45) is 11.8 Å². The van der Waals surface area contributed by atoms with Crippen LogP contribution in [0.15, 0.2) is 83.9 Å². The predicted molar refractivity (Wildman–Crippen MR) is 326 cm³/mol. The highest BCUT2D eigenvalue weighted by atomic mass is 19.1. The number of ether oxygens (including phenoxy) is 1. The summed E-state index contributed by atoms with van der Waals surface area (Å²) in [5.41, 5.74) is 5.23. The maximum absolute atomic E-state index is 14.8. The molecule has 5 aliphatic rings. The lowest BCUT2D eigenvalue weighted by molar-refractivity contribution is -0.136. The maximum Gasteiger partial charge on any atom is 0.411 e. The number of nitrogens with one attached hydrogen (secondary N) is 3. The summed E-state index contributed by atoms with van der Waals surface area (Å²) in [5.74, 6) is -2.00. The number of aromatic nitrogens is 3. The van der Waals surface area contributed by atoms with Crippen LogP contribution in [0.2, 0.25) is 0 Å². The zero-order valence-corrected chi connectivity index (χ0v) is 50.5. The summed E-state index contributed by atoms with van der Waals surface area (Å²) in [5, 5.41) is 6.46. The molecule has 0 spiro atoms. The fourth-order valence-electron chi connectivity index (χ4n) is 13.2. The van der Waals surface area contributed by atoms with Crippen molar-refractivity contribution in [3.05, 3.63) is 135 Å². The number of halogens is 2. The Bertz CT molecular complexity index is 3250. The third-order valence-electron chi connectivity index (χ3n) is 18.1. The van der Waals surface area contributed by atoms with E-state index >= 15 is 0 Å². The molecule has 4 aliphatic heterocycles. The molecule has 86 heavy (non-hydrogen) atoms. The molecule has 18 nitrogen and oxygen atoms in total. The zero-order valence-electron chi connectivity index (χ0n) is 50.5. The summed E-state index contributed by atoms with van der Waals surface area (Å²) in [7, 11) is 0. The molecule has 10 rings (SSSR count). The Labute approximate surface area is 503 Å². The van der Waals surface area contributed by atoms with Crippen molar-refractivity contribution in [2.75, 3.05) is 83.4 Å². The molecular weight excluding hydrogens is 1100 g/mol. The first-order valence-corrected chi connectivity index (χ1v) is 31.3. The van der Waals surface area contributed by atoms with Crippen LogP contribution in [0.4, 0.5) is 19.3 Å². The van der Waals surface area contributed by atoms with Crippen molar-refractivity contribution in [1.29, 1.82) is 0 Å². The number of carbonyl (C=O) groups is 5. The molecule has 1 aliphatic carbocycles. The van der Waals surface area contributed by atoms with Gasteiger partial charge in [0.25, 0.3) is 17.4 Å². The van der Waals surface area contributed by atoms with Gasteiger partial charge >= 0.3 is 6.09 Å². The lowest BCUT2D eigenvalue weighted by atomic mass is 9.82. The molecule has 3 N–H and O–H groups in total. The van der Waals surface area contributed by atoms with Crippen molar-refractivity contribution in [2.45, 2.75) is 141 Å². The van der Waals surface area contributed by atoms with Crippen molar-refractivity contribution in [3.8, 4) is 0 Å². The number of amides is 5. The van der Waals surface area contributed by atoms with E-state index in [1.165, 1.54) is 6.07 Å². The molecule has 3 aromatic heterocycles. The first kappa shape index (κ1) is 61.8. The Balaban J connectivity index is 0.661. The Morgan fingerprint density at radius 1 is 0.756 bits per heavy atom. The van der Waals surface area contributed by atoms with Gasteiger partial charge in [-0.2, -0.15) is 0 Å². The summed E-state index contributed by atoms with van der Waals surface area (Å²) < 4.78 is 34.1. The largest absolute Gasteiger partial charge is 0.444 e. The molecule has 0 radical (unpaired) electrons. The van der Waals surface area contributed by atoms with Crippen LogP contribution in [0.25, 0.3) is 11.0 Å². The molecule has 0 bridgehead atoms. The summed E-state index contributed by atoms with van der Waals surface area (Å²) >= 11 is 0. The number of aromatic amines is 1. The van der Waals surface area contributed by atoms with E-state index in [2.05, 4.69) is 40.3 Å². The zero-order chi connectivity index (χ0) is 60.5. The number of piperidine rings is 3. The standard InChI is InChI=1S/C66H85F2N11O7/c1-5-46-35-57-58(72-61(46)81)33-45(37-69-57)40-75-29-31-76(32-30-75)54-18-19-56(70-38-54)63(83)71-53-22-25-74(26-23-53)39-44-20-27-77(28-21-44)64(84)60(47-11-7-6-8-12-47)73-62(82)49-14-9-13-48(34-49)50-15-10-24-78(41-50)59(80)43-79(65(85)86-66(2,3)4)42-51-16-17-52(67)36-55(51)68/h9,13-14,16-19,33-38,44,47,50,53,60H,5-8,10-12,15,20-32,39-43H2,1-4H3,(H,71,83)(H,72,81)(H,73,82)/t50?,60-/m1/s1. The maximum atomic E-state index is 14.8. The fraction of sp³-hybridized carbons (Fsp3) is 0.545. The number of carbonyl (C=O) groups excluding carboxylic acids is 5. The van der Waals surface area contributed by atoms with E-state index in [9.17, 15) is 37.5 Å². The van der Waals surface area contributed by atoms with Gasteiger partial charge in [0.2, 0.25) is 11.8 Å². The Hall–Kier alpha value is -7.32. The van der Waals surface area contributed by atoms with Crippen LogP contribution in [0.5, 0.6) is 0 Å². The number of benzene rings is 2. The number of fused-ring (bicyclic) bond motifs is 1. The molecule has 5 aromatic rings. The molecule has 2 atom stereocenters. The van der Waals surface area contributed by atoms with Gasteiger partial charge in [-0.1, -0.05) is 44.4 Å². The molecule has 1 saturated carbocycles. The average Bonchev–Trinajstić information content (AvgIpc) is 2.61. The van der Waals surface area contributed by atoms with Crippen molar-refractivity contribution >= 4 is 46.4 Å². The number of piperazine rings is 1. The minimum Gasteiger partial charge on any atom is -0.444 e. The number of anilines is 1. The number of rotatable bonds is 17. The lowest BCUT2D eigenvalue weighted by Gasteiger charge is -2.40. The number of likely N-dealkylation sites (tertiary alicyclic amines) is 3. The summed E-state index contributed by atoms with van der Waals surface area (Å²) in [6, 6.07) is 17.7. The van der Waals surface area contributed by atoms with E-state index in [0.717, 1.165) is 167 Å². The molecule has 7 heterocycles. The predicted octanol–water partition coefficient (Wildman–Crippen LogP) is 8.44. The summed E-state index contributed by atoms with van der Waals surface area (Å²) in [6.07, 6.45) is 13.4. The van der Waals surface area contributed by atoms with Gasteiger partial charge in [0.15, 0.2) is 0 Å². The first-order valence-electron chi connectivity index (χ1n) is 31.3. The van der Waals surface area contributed by atoms with Gasteiger partial charge in [-0.25, -0.2) is 18.6 Å². The van der Waals surface area contributed by atoms with Crippen LogP contribution in [0.3, 0.4) is 0 Å². The van der Waals surface area contributed by atoms with Gasteiger partial charge in [-0.05, 0) is 144 Å². The SMILES string of the molecule is CCc1cc2ncc(CN3CCN(c4ccc(C(=O)NC5CCN(CC6CCN(C(=O)[C@H](NC(=O)c7cccc(C8CCCN(C(=O)CN(Cc9ccc(F)cc9F)C(=O)OC(C)(C)C)C8)c7)C7CCCCC7)CC6)CC5)nc4)CC3)cc2[nH]c1=O. The molecule has 4 saturated heterocycles. The van der Waals surface area contributed by atoms with E-state index < -0.39 is 29.4 Å². The third-order valence-corrected chi connectivity index (χ3v) is 18.1. The van der Waals surface area contributed by atoms with E-state index in [0.29, 0.717) is 56.2 Å². The topological polar surface area (TPSA) is 197 Å². The highest BCUT2D eigenvalue weighted by Crippen LogP contribution is 2.32. The Kier molecular flexibility index (Phi) is 20.1. The number of hydrogen-bond acceptors (Lipinski definition) is 12. The van der Waals surface area contributed by atoms with Crippen molar-refractivity contribution in [3.63, 3.8) is 0 Å². The van der Waals surface area contributed by atoms with Crippen LogP contribution >= 0.6 is 0 Å². The van der Waals surface area contributed by atoms with Crippen LogP contribution in [-0.2, 0) is 33.8 Å². The number of nitrogens with zero attached hydrogens (tertiary/aromatic N) is 8. The first-order chi connectivity index (χ1) is 41.4. The monoisotopic (exact) mass is 1180 g/mol. The molecule has 2 aromatic carbocycles. The normalized spacial score (nSPS) is 19.3. The molecular formula is C66H85F2N11O7. The van der Waals surface area contributed by atoms with E-state index in [-0.39, 0.29) is 65.7 Å². The van der Waals surface area contributed by atoms with Crippen molar-refractivity contribution in [1.82, 2.24) is 50.1 Å². The number of pyridine rings is 3. The van der Waals surface area contributed by atoms with Gasteiger partial charge in [-0.3, -0.25) is 38.8 Å². The molecule has 20 heteroatoms. The van der Waals surface area contributed by atoms with Crippen molar-refractivity contribution < 1.29 is 37.5 Å². The van der Waals surface area contributed by atoms with Gasteiger partial charge in [0.1, 0.15) is 35.5 Å². The average molecular weight is 1180 g/mol. The van der Waals surface area contributed by atoms with E-state index in [1.54, 1.807) is 37.9 Å². The van der Waals surface area contributed by atoms with Gasteiger partial charge < -0.3 is 40.0 Å². The number of hydrogen-bond donors (Lipinski definition) is 3. The second-order valence-corrected chi connectivity index (χ2v) is 25.5. The van der Waals surface area contributed by atoms with Gasteiger partial charge in [-0.15, -0.1) is 0 Å². The minimum absolute atomic E-state index is 0.0128. The van der Waals surface area contributed by atoms with E-state index in [1.807, 2.05) is 60.5 Å². The fourth-order valence-corrected chi connectivity index (χ4v) is 13.2. The van der Waals surface area contributed by atoms with E-state index in [4.69, 9.17) is 4.74 Å². The number of H-pyrrole nitrogens is 1. The third kappa shape index (κ3) is 16.0. The molecule has 5 fully saturated rings. The Morgan fingerprint density at radius 3 is 2.23 bits per heavy atom. The van der Waals surface area contributed by atoms with Crippen LogP contribution in [-0.4, -0.2) is 165 Å². The minimum atomic E-state index is -0.873. The highest BCUT2D eigenvalue weighted by molar-refractivity contribution is 5.98. The van der Waals surface area contributed by atoms with Gasteiger partial charge in [0, 0.05) is 119 Å². The highest BCUT2D eigenvalue weighted by Gasteiger charge is 2.37. The smallest absolute Gasteiger partial charge is 0.411 e. The molecule has 460 valence electrons. The quantitative estimate of drug-likeness (QED) is 0.0805. The Morgan fingerprint density at radius 2 is 1.52 bits per heavy atom. The number of aryl methyl sites for hydroxylation is 1. The second kappa shape index (κ2) is 28.0. The molecule has 5 amide bonds. The van der Waals surface area contributed by atoms with Crippen LogP contribution < -0.4 is 21.1 Å². The summed E-state index contributed by atoms with van der Waals surface area (Å²) in [6.45, 7) is 15.3. The second-order valence-electron chi connectivity index (χ2n) is 25.5. The van der Waals surface area contributed by atoms with Gasteiger partial charge in [0.05, 0.1) is 29.5 Å². The summed E-state index contributed by atoms with van der Waals surface area (Å²) in [4.78, 5) is 106. The van der Waals surface area contributed by atoms with Crippen LogP contribution in [0, 0.1) is 23.5 Å². The lowest BCUT2D eigenvalue weighted by Crippen LogP contribution is -2.54. The molecule has 1 unspecified atom stereocenters. The van der Waals surface area contributed by atoms with Crippen LogP contribution in [0.1, 0.15) is 147 Å².